The van der Waals surface area contributed by atoms with Gasteiger partial charge in [0.05, 0.1) is 0 Å². The molecule has 1 unspecified atom stereocenters. The number of rotatable bonds is 4. The van der Waals surface area contributed by atoms with Gasteiger partial charge in [-0.1, -0.05) is 0 Å². The quantitative estimate of drug-likeness (QED) is 0.375. The zero-order valence-electron chi connectivity index (χ0n) is 8.25. The van der Waals surface area contributed by atoms with Gasteiger partial charge in [0.25, 0.3) is 0 Å². The molecule has 0 amide bonds. The second-order valence-electron chi connectivity index (χ2n) is 3.02. The molecule has 1 aromatic heterocycles. The minimum atomic E-state index is 0.152. The van der Waals surface area contributed by atoms with Crippen molar-refractivity contribution in [2.45, 2.75) is 0 Å². The van der Waals surface area contributed by atoms with Crippen molar-refractivity contribution in [1.29, 1.82) is 0 Å². The molecule has 0 radical (unpaired) electrons. The number of hydrogen-bond acceptors (Lipinski definition) is 3. The Kier molecular flexibility index (Phi) is 4.25. The van der Waals surface area contributed by atoms with Crippen LogP contribution in [-0.2, 0) is 0 Å². The Bertz CT molecular complexity index is 481. The van der Waals surface area contributed by atoms with Crippen molar-refractivity contribution in [3.05, 3.63) is 40.8 Å². The van der Waals surface area contributed by atoms with E-state index in [0.29, 0.717) is 0 Å². The van der Waals surface area contributed by atoms with Crippen LogP contribution in [0.3, 0.4) is 0 Å². The molecular weight excluding hydrogens is 306 g/mol. The Morgan fingerprint density at radius 3 is 2.50 bits per heavy atom. The van der Waals surface area contributed by atoms with Crippen molar-refractivity contribution in [2.75, 3.05) is 0 Å². The molecule has 0 aliphatic heterocycles. The fourth-order valence-electron chi connectivity index (χ4n) is 1.30. The second-order valence-corrected chi connectivity index (χ2v) is 6.30. The summed E-state index contributed by atoms with van der Waals surface area (Å²) in [7, 11) is 2.44. The van der Waals surface area contributed by atoms with Crippen molar-refractivity contribution >= 4 is 40.9 Å². The number of hydrogen-bond donors (Lipinski definition) is 0. The van der Waals surface area contributed by atoms with E-state index in [1.54, 1.807) is 0 Å². The molecule has 82 valence electrons. The van der Waals surface area contributed by atoms with E-state index in [0.717, 1.165) is 22.0 Å². The summed E-state index contributed by atoms with van der Waals surface area (Å²) in [6, 6.07) is 11.8. The first-order valence-electron chi connectivity index (χ1n) is 4.52. The molecule has 2 rings (SSSR count). The zero-order valence-corrected chi connectivity index (χ0v) is 11.9. The molecule has 0 spiro atoms. The number of carbonyl (C=O) groups is 1. The SMILES string of the molecule is O=Cc1ccc(-c2ccc(OSP)cc2)[se]1. The average Bonchev–Trinajstić information content (AvgIpc) is 2.79. The molecule has 0 bridgehead atoms. The van der Waals surface area contributed by atoms with Gasteiger partial charge in [-0.2, -0.15) is 0 Å². The van der Waals surface area contributed by atoms with E-state index in [1.165, 1.54) is 16.1 Å². The monoisotopic (exact) mass is 316 g/mol. The van der Waals surface area contributed by atoms with Crippen LogP contribution in [0.5, 0.6) is 5.75 Å². The first-order valence-corrected chi connectivity index (χ1v) is 8.45. The summed E-state index contributed by atoms with van der Waals surface area (Å²) in [4.78, 5) is 10.6. The van der Waals surface area contributed by atoms with Crippen molar-refractivity contribution in [2.24, 2.45) is 0 Å². The molecule has 0 saturated heterocycles. The number of benzene rings is 1. The van der Waals surface area contributed by atoms with Gasteiger partial charge in [0, 0.05) is 0 Å². The zero-order chi connectivity index (χ0) is 11.4. The Labute approximate surface area is 106 Å². The van der Waals surface area contributed by atoms with Gasteiger partial charge in [0.15, 0.2) is 0 Å². The fourth-order valence-corrected chi connectivity index (χ4v) is 3.59. The van der Waals surface area contributed by atoms with Crippen LogP contribution in [0.1, 0.15) is 9.23 Å². The molecule has 16 heavy (non-hydrogen) atoms. The van der Waals surface area contributed by atoms with Crippen molar-refractivity contribution in [1.82, 2.24) is 0 Å². The van der Waals surface area contributed by atoms with Gasteiger partial charge in [-0.25, -0.2) is 0 Å². The van der Waals surface area contributed by atoms with Crippen LogP contribution in [0.15, 0.2) is 36.4 Å². The Morgan fingerprint density at radius 1 is 1.19 bits per heavy atom. The van der Waals surface area contributed by atoms with Crippen LogP contribution in [0, 0.1) is 0 Å². The molecule has 2 aromatic rings. The van der Waals surface area contributed by atoms with Gasteiger partial charge in [-0.3, -0.25) is 0 Å². The van der Waals surface area contributed by atoms with E-state index in [-0.39, 0.29) is 14.5 Å². The summed E-state index contributed by atoms with van der Waals surface area (Å²) < 4.78 is 7.39. The summed E-state index contributed by atoms with van der Waals surface area (Å²) in [5.74, 6) is 0.832. The minimum absolute atomic E-state index is 0.152. The summed E-state index contributed by atoms with van der Waals surface area (Å²) in [5, 5.41) is 0. The first-order chi connectivity index (χ1) is 7.83. The van der Waals surface area contributed by atoms with E-state index in [2.05, 4.69) is 8.44 Å². The summed E-state index contributed by atoms with van der Waals surface area (Å²) in [6.45, 7) is 0. The Balaban J connectivity index is 2.23. The molecular formula is C11H9O2PSSe. The first kappa shape index (κ1) is 11.9. The molecule has 0 saturated carbocycles. The molecule has 5 heteroatoms. The van der Waals surface area contributed by atoms with E-state index in [1.807, 2.05) is 36.4 Å². The van der Waals surface area contributed by atoms with Crippen LogP contribution in [-0.4, -0.2) is 20.8 Å². The average molecular weight is 315 g/mol. The third-order valence-electron chi connectivity index (χ3n) is 2.03. The topological polar surface area (TPSA) is 26.3 Å². The van der Waals surface area contributed by atoms with Crippen LogP contribution in [0.2, 0.25) is 0 Å². The van der Waals surface area contributed by atoms with Gasteiger partial charge in [-0.15, -0.1) is 0 Å². The summed E-state index contributed by atoms with van der Waals surface area (Å²) in [5.41, 5.74) is 1.16. The van der Waals surface area contributed by atoms with Crippen molar-refractivity contribution in [3.63, 3.8) is 0 Å². The van der Waals surface area contributed by atoms with Gasteiger partial charge >= 0.3 is 106 Å². The molecule has 1 heterocycles. The molecule has 0 fully saturated rings. The third-order valence-corrected chi connectivity index (χ3v) is 4.83. The molecule has 1 aromatic carbocycles. The maximum atomic E-state index is 10.6. The third kappa shape index (κ3) is 2.78. The van der Waals surface area contributed by atoms with Crippen molar-refractivity contribution < 1.29 is 8.98 Å². The standard InChI is InChI=1S/C11H9O2PSSe/c12-7-10-5-6-11(16-10)8-1-3-9(4-2-8)13-15-14/h1-7H,14H2. The summed E-state index contributed by atoms with van der Waals surface area (Å²) in [6.07, 6.45) is 0.936. The number of carbonyl (C=O) groups excluding carboxylic acids is 1. The molecule has 2 nitrogen and oxygen atoms in total. The fraction of sp³-hybridized carbons (Fsp3) is 0. The Morgan fingerprint density at radius 2 is 1.94 bits per heavy atom. The molecule has 0 N–H and O–H groups in total. The van der Waals surface area contributed by atoms with Crippen LogP contribution in [0.25, 0.3) is 10.0 Å². The van der Waals surface area contributed by atoms with E-state index >= 15 is 0 Å². The van der Waals surface area contributed by atoms with Crippen LogP contribution >= 0.6 is 20.1 Å². The van der Waals surface area contributed by atoms with Gasteiger partial charge in [0.1, 0.15) is 0 Å². The van der Waals surface area contributed by atoms with Gasteiger partial charge < -0.3 is 0 Å². The molecule has 1 atom stereocenters. The van der Waals surface area contributed by atoms with Crippen LogP contribution in [0.4, 0.5) is 0 Å². The second kappa shape index (κ2) is 5.70. The normalized spacial score (nSPS) is 10.1. The molecule has 0 aliphatic carbocycles. The molecule has 0 aliphatic rings. The number of aldehydes is 1. The predicted octanol–water partition coefficient (Wildman–Crippen LogP) is 3.04. The van der Waals surface area contributed by atoms with E-state index < -0.39 is 0 Å². The predicted molar refractivity (Wildman–Crippen MR) is 72.1 cm³/mol. The maximum absolute atomic E-state index is 10.6. The van der Waals surface area contributed by atoms with Crippen molar-refractivity contribution in [3.8, 4) is 15.8 Å². The van der Waals surface area contributed by atoms with E-state index in [9.17, 15) is 4.79 Å². The summed E-state index contributed by atoms with van der Waals surface area (Å²) >= 11 is 1.40. The van der Waals surface area contributed by atoms with Gasteiger partial charge in [0.2, 0.25) is 0 Å². The van der Waals surface area contributed by atoms with E-state index in [4.69, 9.17) is 4.18 Å². The Hall–Kier alpha value is -0.531. The van der Waals surface area contributed by atoms with Gasteiger partial charge in [-0.05, 0) is 0 Å². The van der Waals surface area contributed by atoms with Crippen LogP contribution < -0.4 is 4.18 Å².